The summed E-state index contributed by atoms with van der Waals surface area (Å²) in [6.07, 6.45) is -0.174. The first-order valence-corrected chi connectivity index (χ1v) is 9.39. The summed E-state index contributed by atoms with van der Waals surface area (Å²) < 4.78 is 6.53. The molecule has 0 aliphatic rings. The molecule has 0 spiro atoms. The summed E-state index contributed by atoms with van der Waals surface area (Å²) in [5.41, 5.74) is 5.54. The topological polar surface area (TPSA) is 104 Å². The van der Waals surface area contributed by atoms with Crippen LogP contribution in [0, 0.1) is 5.92 Å². The van der Waals surface area contributed by atoms with Crippen molar-refractivity contribution in [1.82, 2.24) is 9.55 Å². The van der Waals surface area contributed by atoms with E-state index in [1.165, 1.54) is 6.92 Å². The number of para-hydroxylation sites is 1. The van der Waals surface area contributed by atoms with Crippen molar-refractivity contribution in [2.45, 2.75) is 45.0 Å². The molecule has 1 atom stereocenters. The first kappa shape index (κ1) is 20.0. The molecule has 8 heteroatoms. The molecule has 0 saturated carbocycles. The van der Waals surface area contributed by atoms with Crippen LogP contribution in [0.25, 0.3) is 10.9 Å². The lowest BCUT2D eigenvalue weighted by molar-refractivity contribution is -0.151. The summed E-state index contributed by atoms with van der Waals surface area (Å²) in [7, 11) is 0. The Bertz CT molecular complexity index is 863. The third-order valence-electron chi connectivity index (χ3n) is 3.78. The highest BCUT2D eigenvalue weighted by molar-refractivity contribution is 7.99. The molecule has 0 saturated heterocycles. The van der Waals surface area contributed by atoms with Crippen LogP contribution < -0.4 is 11.3 Å². The van der Waals surface area contributed by atoms with Gasteiger partial charge >= 0.3 is 5.97 Å². The van der Waals surface area contributed by atoms with E-state index in [1.54, 1.807) is 22.8 Å². The molecule has 0 aliphatic heterocycles. The van der Waals surface area contributed by atoms with E-state index in [9.17, 15) is 14.4 Å². The number of primary amides is 1. The number of nitrogens with zero attached hydrogens (tertiary/aromatic N) is 2. The first-order chi connectivity index (χ1) is 12.3. The number of esters is 1. The second-order valence-corrected chi connectivity index (χ2v) is 7.32. The summed E-state index contributed by atoms with van der Waals surface area (Å²) >= 11 is 1.11. The van der Waals surface area contributed by atoms with Crippen molar-refractivity contribution in [1.29, 1.82) is 0 Å². The fourth-order valence-electron chi connectivity index (χ4n) is 2.26. The van der Waals surface area contributed by atoms with Gasteiger partial charge in [0.2, 0.25) is 0 Å². The van der Waals surface area contributed by atoms with E-state index in [4.69, 9.17) is 10.5 Å². The van der Waals surface area contributed by atoms with Gasteiger partial charge in [-0.1, -0.05) is 37.7 Å². The lowest BCUT2D eigenvalue weighted by Crippen LogP contribution is -2.31. The molecule has 2 rings (SSSR count). The first-order valence-electron chi connectivity index (χ1n) is 8.40. The summed E-state index contributed by atoms with van der Waals surface area (Å²) in [5.74, 6) is -0.933. The van der Waals surface area contributed by atoms with Crippen LogP contribution >= 0.6 is 11.8 Å². The number of carbonyl (C=O) groups is 2. The van der Waals surface area contributed by atoms with E-state index in [0.29, 0.717) is 28.5 Å². The molecule has 1 aromatic heterocycles. The number of carbonyl (C=O) groups excluding carboxylic acids is 2. The summed E-state index contributed by atoms with van der Waals surface area (Å²) in [5, 5.41) is 1.00. The van der Waals surface area contributed by atoms with E-state index in [-0.39, 0.29) is 11.3 Å². The molecule has 0 radical (unpaired) electrons. The van der Waals surface area contributed by atoms with Crippen molar-refractivity contribution in [3.63, 3.8) is 0 Å². The number of fused-ring (bicyclic) bond motifs is 1. The van der Waals surface area contributed by atoms with Gasteiger partial charge in [-0.3, -0.25) is 19.0 Å². The van der Waals surface area contributed by atoms with Crippen LogP contribution in [0.3, 0.4) is 0 Å². The average molecular weight is 377 g/mol. The van der Waals surface area contributed by atoms with E-state index in [1.807, 2.05) is 6.07 Å². The number of thioether (sulfide) groups is 1. The van der Waals surface area contributed by atoms with E-state index in [0.717, 1.165) is 18.2 Å². The molecule has 0 bridgehead atoms. The lowest BCUT2D eigenvalue weighted by atomic mass is 10.1. The zero-order chi connectivity index (χ0) is 19.3. The maximum absolute atomic E-state index is 12.8. The Morgan fingerprint density at radius 2 is 1.96 bits per heavy atom. The minimum absolute atomic E-state index is 0.0654. The molecular weight excluding hydrogens is 354 g/mol. The summed E-state index contributed by atoms with van der Waals surface area (Å²) in [6, 6.07) is 7.12. The Morgan fingerprint density at radius 3 is 2.62 bits per heavy atom. The highest BCUT2D eigenvalue weighted by Gasteiger charge is 2.17. The lowest BCUT2D eigenvalue weighted by Gasteiger charge is -2.14. The molecule has 2 N–H and O–H groups in total. The van der Waals surface area contributed by atoms with Gasteiger partial charge in [0.25, 0.3) is 11.5 Å². The van der Waals surface area contributed by atoms with Gasteiger partial charge in [0, 0.05) is 6.54 Å². The number of nitrogens with two attached hydrogens (primary N) is 1. The van der Waals surface area contributed by atoms with Crippen LogP contribution in [0.4, 0.5) is 0 Å². The van der Waals surface area contributed by atoms with Gasteiger partial charge in [-0.25, -0.2) is 4.98 Å². The van der Waals surface area contributed by atoms with Crippen molar-refractivity contribution < 1.29 is 14.3 Å². The van der Waals surface area contributed by atoms with E-state index >= 15 is 0 Å². The third-order valence-corrected chi connectivity index (χ3v) is 4.73. The fraction of sp³-hybridized carbons (Fsp3) is 0.444. The van der Waals surface area contributed by atoms with Crippen molar-refractivity contribution in [3.8, 4) is 0 Å². The Balaban J connectivity index is 2.26. The number of ether oxygens (including phenoxy) is 1. The standard InChI is InChI=1S/C18H23N3O4S/c1-11(2)8-9-21-17(24)13-6-4-5-7-14(13)20-18(21)26-10-15(22)25-12(3)16(19)23/h4-7,11-12H,8-10H2,1-3H3,(H2,19,23)/t12-/m1/s1. The normalized spacial score (nSPS) is 12.3. The van der Waals surface area contributed by atoms with Crippen LogP contribution in [0.15, 0.2) is 34.2 Å². The smallest absolute Gasteiger partial charge is 0.317 e. The zero-order valence-electron chi connectivity index (χ0n) is 15.1. The second kappa shape index (κ2) is 8.84. The van der Waals surface area contributed by atoms with Gasteiger partial charge in [0.05, 0.1) is 16.7 Å². The van der Waals surface area contributed by atoms with Gasteiger partial charge in [0.15, 0.2) is 11.3 Å². The predicted octanol–water partition coefficient (Wildman–Crippen LogP) is 1.95. The van der Waals surface area contributed by atoms with E-state index < -0.39 is 18.0 Å². The number of hydrogen-bond donors (Lipinski definition) is 1. The Labute approximate surface area is 155 Å². The Hall–Kier alpha value is -2.35. The van der Waals surface area contributed by atoms with Crippen molar-refractivity contribution in [2.75, 3.05) is 5.75 Å². The molecule has 140 valence electrons. The monoisotopic (exact) mass is 377 g/mol. The maximum atomic E-state index is 12.8. The van der Waals surface area contributed by atoms with Gasteiger partial charge in [-0.05, 0) is 31.4 Å². The highest BCUT2D eigenvalue weighted by atomic mass is 32.2. The Morgan fingerprint density at radius 1 is 1.27 bits per heavy atom. The third kappa shape index (κ3) is 5.08. The zero-order valence-corrected chi connectivity index (χ0v) is 15.9. The maximum Gasteiger partial charge on any atom is 0.317 e. The van der Waals surface area contributed by atoms with Crippen LogP contribution in [-0.4, -0.2) is 33.3 Å². The minimum atomic E-state index is -0.990. The number of rotatable bonds is 8. The molecule has 7 nitrogen and oxygen atoms in total. The highest BCUT2D eigenvalue weighted by Crippen LogP contribution is 2.19. The number of aromatic nitrogens is 2. The molecule has 1 aromatic carbocycles. The van der Waals surface area contributed by atoms with Gasteiger partial charge < -0.3 is 10.5 Å². The summed E-state index contributed by atoms with van der Waals surface area (Å²) in [4.78, 5) is 40.2. The van der Waals surface area contributed by atoms with Crippen LogP contribution in [0.2, 0.25) is 0 Å². The van der Waals surface area contributed by atoms with Gasteiger partial charge in [-0.15, -0.1) is 0 Å². The van der Waals surface area contributed by atoms with Crippen LogP contribution in [-0.2, 0) is 20.9 Å². The van der Waals surface area contributed by atoms with Gasteiger partial charge in [-0.2, -0.15) is 0 Å². The van der Waals surface area contributed by atoms with Crippen LogP contribution in [0.5, 0.6) is 0 Å². The van der Waals surface area contributed by atoms with E-state index in [2.05, 4.69) is 18.8 Å². The molecule has 0 fully saturated rings. The SMILES string of the molecule is CC(C)CCn1c(SCC(=O)O[C@H](C)C(N)=O)nc2ccccc2c1=O. The number of amides is 1. The second-order valence-electron chi connectivity index (χ2n) is 6.37. The summed E-state index contributed by atoms with van der Waals surface area (Å²) in [6.45, 7) is 6.09. The van der Waals surface area contributed by atoms with Crippen molar-refractivity contribution in [3.05, 3.63) is 34.6 Å². The van der Waals surface area contributed by atoms with Crippen LogP contribution in [0.1, 0.15) is 27.2 Å². The molecular formula is C18H23N3O4S. The molecule has 2 aromatic rings. The predicted molar refractivity (Wildman–Crippen MR) is 101 cm³/mol. The Kier molecular flexibility index (Phi) is 6.79. The van der Waals surface area contributed by atoms with Gasteiger partial charge in [0.1, 0.15) is 0 Å². The molecule has 26 heavy (non-hydrogen) atoms. The minimum Gasteiger partial charge on any atom is -0.452 e. The molecule has 0 aliphatic carbocycles. The molecule has 1 amide bonds. The largest absolute Gasteiger partial charge is 0.452 e. The number of hydrogen-bond acceptors (Lipinski definition) is 6. The van der Waals surface area contributed by atoms with Crippen molar-refractivity contribution >= 4 is 34.5 Å². The molecule has 1 heterocycles. The number of benzene rings is 1. The molecule has 0 unspecified atom stereocenters. The average Bonchev–Trinajstić information content (AvgIpc) is 2.59. The van der Waals surface area contributed by atoms with Crippen molar-refractivity contribution in [2.24, 2.45) is 11.7 Å². The fourth-order valence-corrected chi connectivity index (χ4v) is 3.06. The quantitative estimate of drug-likeness (QED) is 0.428.